The van der Waals surface area contributed by atoms with Gasteiger partial charge < -0.3 is 4.55 Å². The van der Waals surface area contributed by atoms with E-state index in [1.54, 1.807) is 17.6 Å². The molecule has 4 heteroatoms. The van der Waals surface area contributed by atoms with E-state index in [1.807, 2.05) is 32.9 Å². The topological polar surface area (TPSA) is 35.4 Å². The van der Waals surface area contributed by atoms with E-state index in [1.165, 1.54) is 16.7 Å². The van der Waals surface area contributed by atoms with Crippen LogP contribution in [-0.4, -0.2) is 15.5 Å². The van der Waals surface area contributed by atoms with Gasteiger partial charge in [-0.3, -0.25) is 0 Å². The highest BCUT2D eigenvalue weighted by atomic mass is 32.2. The molecule has 0 bridgehead atoms. The zero-order valence-electron chi connectivity index (χ0n) is 12.2. The Morgan fingerprint density at radius 2 is 2.00 bits per heavy atom. The van der Waals surface area contributed by atoms with E-state index in [-0.39, 0.29) is 4.75 Å². The van der Waals surface area contributed by atoms with Crippen molar-refractivity contribution in [2.24, 2.45) is 4.40 Å². The summed E-state index contributed by atoms with van der Waals surface area (Å²) in [5, 5.41) is 4.30. The van der Waals surface area contributed by atoms with Gasteiger partial charge in [0.2, 0.25) is 0 Å². The highest BCUT2D eigenvalue weighted by Gasteiger charge is 2.25. The lowest BCUT2D eigenvalue weighted by atomic mass is 10.0. The summed E-state index contributed by atoms with van der Waals surface area (Å²) in [7, 11) is 0. The van der Waals surface area contributed by atoms with E-state index in [4.69, 9.17) is 0 Å². The number of benzene rings is 1. The minimum Gasteiger partial charge on any atom is -0.591 e. The summed E-state index contributed by atoms with van der Waals surface area (Å²) >= 11 is 0.492. The molecule has 0 aliphatic carbocycles. The fourth-order valence-electron chi connectivity index (χ4n) is 1.71. The van der Waals surface area contributed by atoms with Crippen molar-refractivity contribution in [3.05, 3.63) is 46.2 Å². The van der Waals surface area contributed by atoms with Crippen LogP contribution in [0.4, 0.5) is 0 Å². The molecule has 2 nitrogen and oxygen atoms in total. The zero-order valence-corrected chi connectivity index (χ0v) is 13.8. The van der Waals surface area contributed by atoms with E-state index < -0.39 is 11.4 Å². The Bertz CT molecular complexity index is 611. The van der Waals surface area contributed by atoms with E-state index >= 15 is 0 Å². The van der Waals surface area contributed by atoms with Crippen molar-refractivity contribution < 1.29 is 4.55 Å². The fourth-order valence-corrected chi connectivity index (χ4v) is 3.10. The molecule has 0 N–H and O–H groups in total. The molecule has 2 aromatic rings. The second-order valence-electron chi connectivity index (χ2n) is 5.69. The third-order valence-corrected chi connectivity index (χ3v) is 5.08. The first-order valence-corrected chi connectivity index (χ1v) is 8.52. The predicted octanol–water partition coefficient (Wildman–Crippen LogP) is 4.60. The lowest BCUT2D eigenvalue weighted by molar-refractivity contribution is 0.562. The minimum atomic E-state index is -1.21. The minimum absolute atomic E-state index is 0.321. The maximum absolute atomic E-state index is 11.9. The van der Waals surface area contributed by atoms with Crippen LogP contribution in [0.2, 0.25) is 0 Å². The average Bonchev–Trinajstić information content (AvgIpc) is 2.81. The predicted molar refractivity (Wildman–Crippen MR) is 90.0 cm³/mol. The number of rotatable bonds is 3. The Kier molecular flexibility index (Phi) is 4.68. The van der Waals surface area contributed by atoms with Crippen LogP contribution in [0.25, 0.3) is 11.1 Å². The molecule has 106 valence electrons. The molecular weight excluding hydrogens is 286 g/mol. The standard InChI is InChI=1S/C16H19NOS2/c1-12-10-19-11-15(12)14-7-5-6-13(8-14)9-17-20(18)16(2,3)4/h5-11H,1-4H3. The maximum Gasteiger partial charge on any atom is 0.144 e. The third-order valence-electron chi connectivity index (χ3n) is 2.87. The summed E-state index contributed by atoms with van der Waals surface area (Å²) in [4.78, 5) is 0. The van der Waals surface area contributed by atoms with Crippen LogP contribution in [0.15, 0.2) is 39.4 Å². The molecule has 0 saturated heterocycles. The van der Waals surface area contributed by atoms with Crippen molar-refractivity contribution in [2.75, 3.05) is 0 Å². The monoisotopic (exact) mass is 305 g/mol. The van der Waals surface area contributed by atoms with Crippen molar-refractivity contribution in [2.45, 2.75) is 32.4 Å². The van der Waals surface area contributed by atoms with Crippen molar-refractivity contribution in [1.29, 1.82) is 0 Å². The van der Waals surface area contributed by atoms with Crippen molar-refractivity contribution in [1.82, 2.24) is 0 Å². The Morgan fingerprint density at radius 3 is 2.60 bits per heavy atom. The molecule has 0 aliphatic rings. The number of thiophene rings is 1. The molecule has 1 heterocycles. The average molecular weight is 305 g/mol. The number of hydrogen-bond acceptors (Lipinski definition) is 3. The Morgan fingerprint density at radius 1 is 1.25 bits per heavy atom. The Labute approximate surface area is 127 Å². The van der Waals surface area contributed by atoms with Crippen LogP contribution in [0.1, 0.15) is 31.9 Å². The second kappa shape index (κ2) is 6.12. The van der Waals surface area contributed by atoms with Gasteiger partial charge in [-0.05, 0) is 66.8 Å². The molecular formula is C16H19NOS2. The summed E-state index contributed by atoms with van der Waals surface area (Å²) in [5.41, 5.74) is 4.68. The van der Waals surface area contributed by atoms with Crippen LogP contribution < -0.4 is 0 Å². The van der Waals surface area contributed by atoms with Crippen LogP contribution in [0.3, 0.4) is 0 Å². The summed E-state index contributed by atoms with van der Waals surface area (Å²) in [5.74, 6) is 0. The lowest BCUT2D eigenvalue weighted by Crippen LogP contribution is -2.25. The smallest absolute Gasteiger partial charge is 0.144 e. The van der Waals surface area contributed by atoms with Gasteiger partial charge in [-0.15, -0.1) is 0 Å². The Hall–Kier alpha value is -1.10. The highest BCUT2D eigenvalue weighted by molar-refractivity contribution is 7.91. The molecule has 0 spiro atoms. The largest absolute Gasteiger partial charge is 0.591 e. The van der Waals surface area contributed by atoms with Gasteiger partial charge in [0.1, 0.15) is 16.1 Å². The molecule has 1 aromatic heterocycles. The van der Waals surface area contributed by atoms with Crippen molar-refractivity contribution >= 4 is 28.9 Å². The fraction of sp³-hybridized carbons (Fsp3) is 0.312. The summed E-state index contributed by atoms with van der Waals surface area (Å²) in [6, 6.07) is 8.16. The molecule has 20 heavy (non-hydrogen) atoms. The van der Waals surface area contributed by atoms with Gasteiger partial charge >= 0.3 is 0 Å². The first-order valence-electron chi connectivity index (χ1n) is 6.47. The van der Waals surface area contributed by atoms with Crippen LogP contribution in [0, 0.1) is 6.92 Å². The van der Waals surface area contributed by atoms with Crippen LogP contribution in [-0.2, 0) is 11.4 Å². The quantitative estimate of drug-likeness (QED) is 0.602. The van der Waals surface area contributed by atoms with Gasteiger partial charge in [0.25, 0.3) is 0 Å². The van der Waals surface area contributed by atoms with Crippen molar-refractivity contribution in [3.63, 3.8) is 0 Å². The van der Waals surface area contributed by atoms with E-state index in [2.05, 4.69) is 34.2 Å². The number of hydrogen-bond donors (Lipinski definition) is 0. The van der Waals surface area contributed by atoms with Gasteiger partial charge in [-0.25, -0.2) is 0 Å². The number of nitrogens with zero attached hydrogens (tertiary/aromatic N) is 1. The molecule has 0 aliphatic heterocycles. The molecule has 0 radical (unpaired) electrons. The molecule has 1 aromatic carbocycles. The normalized spacial score (nSPS) is 13.8. The molecule has 1 atom stereocenters. The van der Waals surface area contributed by atoms with Gasteiger partial charge in [0, 0.05) is 0 Å². The van der Waals surface area contributed by atoms with E-state index in [0.29, 0.717) is 0 Å². The molecule has 2 rings (SSSR count). The maximum atomic E-state index is 11.9. The summed E-state index contributed by atoms with van der Waals surface area (Å²) in [6.45, 7) is 7.88. The van der Waals surface area contributed by atoms with Crippen LogP contribution >= 0.6 is 11.3 Å². The SMILES string of the molecule is Cc1cscc1-c1cccc(C=N[S+]([O-])C(C)(C)C)c1. The highest BCUT2D eigenvalue weighted by Crippen LogP contribution is 2.27. The first-order chi connectivity index (χ1) is 9.38. The first kappa shape index (κ1) is 15.3. The number of aryl methyl sites for hydroxylation is 1. The van der Waals surface area contributed by atoms with Gasteiger partial charge in [-0.2, -0.15) is 11.3 Å². The second-order valence-corrected chi connectivity index (χ2v) is 8.37. The third kappa shape index (κ3) is 3.72. The van der Waals surface area contributed by atoms with Crippen molar-refractivity contribution in [3.8, 4) is 11.1 Å². The molecule has 0 saturated carbocycles. The lowest BCUT2D eigenvalue weighted by Gasteiger charge is -2.17. The van der Waals surface area contributed by atoms with Crippen LogP contribution in [0.5, 0.6) is 0 Å². The Balaban J connectivity index is 2.23. The van der Waals surface area contributed by atoms with Gasteiger partial charge in [0.15, 0.2) is 0 Å². The summed E-state index contributed by atoms with van der Waals surface area (Å²) < 4.78 is 15.8. The molecule has 0 fully saturated rings. The molecule has 0 amide bonds. The van der Waals surface area contributed by atoms with E-state index in [0.717, 1.165) is 5.56 Å². The van der Waals surface area contributed by atoms with Gasteiger partial charge in [-0.1, -0.05) is 22.6 Å². The van der Waals surface area contributed by atoms with E-state index in [9.17, 15) is 4.55 Å². The molecule has 1 unspecified atom stereocenters. The zero-order chi connectivity index (χ0) is 14.8. The van der Waals surface area contributed by atoms with Gasteiger partial charge in [0.05, 0.1) is 6.21 Å². The summed E-state index contributed by atoms with van der Waals surface area (Å²) in [6.07, 6.45) is 1.70.